The van der Waals surface area contributed by atoms with Crippen LogP contribution in [0, 0.1) is 0 Å². The largest absolute Gasteiger partial charge is 0.456 e. The summed E-state index contributed by atoms with van der Waals surface area (Å²) < 4.78 is 132. The number of hydrogen-bond donors (Lipinski definition) is 0. The van der Waals surface area contributed by atoms with Crippen LogP contribution in [-0.2, 0) is 0 Å². The van der Waals surface area contributed by atoms with Crippen molar-refractivity contribution in [2.75, 3.05) is 0 Å². The third kappa shape index (κ3) is 4.02. The smallest absolute Gasteiger partial charge is 0.136 e. The van der Waals surface area contributed by atoms with Crippen LogP contribution in [0.25, 0.3) is 88.0 Å². The summed E-state index contributed by atoms with van der Waals surface area (Å²) in [5, 5.41) is 0.463. The lowest BCUT2D eigenvalue weighted by Crippen LogP contribution is -1.94. The van der Waals surface area contributed by atoms with E-state index in [0.29, 0.717) is 33.0 Å². The zero-order chi connectivity index (χ0) is 41.9. The van der Waals surface area contributed by atoms with Crippen molar-refractivity contribution in [1.82, 2.24) is 0 Å². The van der Waals surface area contributed by atoms with E-state index < -0.39 is 78.6 Å². The maximum Gasteiger partial charge on any atom is 0.136 e. The third-order valence-corrected chi connectivity index (χ3v) is 8.16. The number of para-hydroxylation sites is 1. The van der Waals surface area contributed by atoms with Crippen molar-refractivity contribution in [2.45, 2.75) is 0 Å². The van der Waals surface area contributed by atoms with Gasteiger partial charge in [0.25, 0.3) is 0 Å². The first-order valence-electron chi connectivity index (χ1n) is 21.3. The molecule has 0 N–H and O–H groups in total. The maximum absolute atomic E-state index is 9.62. The van der Waals surface area contributed by atoms with Gasteiger partial charge in [-0.3, -0.25) is 0 Å². The highest BCUT2D eigenvalue weighted by Gasteiger charge is 2.24. The second kappa shape index (κ2) is 10.4. The molecule has 9 aromatic rings. The van der Waals surface area contributed by atoms with Crippen LogP contribution in [0.15, 0.2) is 174 Å². The SMILES string of the molecule is [2H]c1ccc(-c2ccccc2-c2c3c([2H])c([2H])c([2H])c([2H])c3c(-c3c(-c4c([2H])c([2H])c([2H])c([2H])c4[2H])ccc4oc5ccccc5c34)c3c([2H])c([2H])c([2H])c([2H])c23)cc1. The zero-order valence-corrected chi connectivity index (χ0v) is 23.5. The first-order valence-corrected chi connectivity index (χ1v) is 14.3. The van der Waals surface area contributed by atoms with Crippen molar-refractivity contribution in [3.63, 3.8) is 0 Å². The monoisotopic (exact) mass is 586 g/mol. The molecule has 0 aliphatic heterocycles. The molecule has 0 aliphatic rings. The second-order valence-electron chi connectivity index (χ2n) is 10.5. The van der Waals surface area contributed by atoms with Crippen molar-refractivity contribution < 1.29 is 23.6 Å². The van der Waals surface area contributed by atoms with Crippen molar-refractivity contribution in [2.24, 2.45) is 0 Å². The molecule has 8 aromatic carbocycles. The second-order valence-corrected chi connectivity index (χ2v) is 10.5. The van der Waals surface area contributed by atoms with Crippen molar-refractivity contribution in [1.29, 1.82) is 0 Å². The van der Waals surface area contributed by atoms with Gasteiger partial charge >= 0.3 is 0 Å². The van der Waals surface area contributed by atoms with Crippen LogP contribution in [0.4, 0.5) is 0 Å². The summed E-state index contributed by atoms with van der Waals surface area (Å²) in [5.41, 5.74) is 2.22. The standard InChI is InChI=1S/C44H28O/c1-3-15-29(16-4-1)31-19-7-8-20-33(31)41-34-21-9-11-23-36(34)42(37-24-12-10-22-35(37)41)44-32(30-17-5-2-6-18-30)27-28-40-43(44)38-25-13-14-26-39(38)45-40/h1-28H/i1D,2D,5D,6D,9D,10D,11D,12D,17D,18D,21D,22D,23D,24D. The van der Waals surface area contributed by atoms with Crippen LogP contribution < -0.4 is 0 Å². The topological polar surface area (TPSA) is 13.1 Å². The predicted octanol–water partition coefficient (Wildman–Crippen LogP) is 12.6. The molecule has 1 heterocycles. The van der Waals surface area contributed by atoms with Gasteiger partial charge in [-0.05, 0) is 72.6 Å². The fourth-order valence-corrected chi connectivity index (χ4v) is 6.33. The third-order valence-electron chi connectivity index (χ3n) is 8.16. The van der Waals surface area contributed by atoms with Gasteiger partial charge in [-0.15, -0.1) is 0 Å². The molecule has 0 saturated heterocycles. The molecule has 210 valence electrons. The summed E-state index contributed by atoms with van der Waals surface area (Å²) in [7, 11) is 0. The molecule has 0 radical (unpaired) electrons. The molecular formula is C44H28O. The molecule has 0 atom stereocenters. The van der Waals surface area contributed by atoms with Crippen molar-refractivity contribution in [3.05, 3.63) is 170 Å². The molecule has 0 saturated carbocycles. The van der Waals surface area contributed by atoms with E-state index in [0.717, 1.165) is 0 Å². The molecule has 0 spiro atoms. The first kappa shape index (κ1) is 15.2. The lowest BCUT2D eigenvalue weighted by Gasteiger charge is -2.21. The molecule has 1 aromatic heterocycles. The Hall–Kier alpha value is -5.92. The van der Waals surface area contributed by atoms with Crippen LogP contribution in [0.3, 0.4) is 0 Å². The first-order chi connectivity index (χ1) is 28.1. The van der Waals surface area contributed by atoms with E-state index in [1.807, 2.05) is 0 Å². The predicted molar refractivity (Wildman–Crippen MR) is 190 cm³/mol. The van der Waals surface area contributed by atoms with Gasteiger partial charge in [0.05, 0.1) is 19.2 Å². The average Bonchev–Trinajstić information content (AvgIpc) is 3.63. The van der Waals surface area contributed by atoms with Crippen LogP contribution >= 0.6 is 0 Å². The highest BCUT2D eigenvalue weighted by Crippen LogP contribution is 2.50. The van der Waals surface area contributed by atoms with E-state index in [4.69, 9.17) is 18.1 Å². The number of fused-ring (bicyclic) bond motifs is 5. The lowest BCUT2D eigenvalue weighted by molar-refractivity contribution is 0.669. The van der Waals surface area contributed by atoms with Crippen LogP contribution in [0.2, 0.25) is 0 Å². The molecule has 0 aliphatic carbocycles. The number of hydrogen-bond acceptors (Lipinski definition) is 1. The minimum absolute atomic E-state index is 0.0482. The Morgan fingerprint density at radius 1 is 0.356 bits per heavy atom. The molecule has 0 fully saturated rings. The molecule has 9 rings (SSSR count). The van der Waals surface area contributed by atoms with Gasteiger partial charge in [0.15, 0.2) is 0 Å². The van der Waals surface area contributed by atoms with Crippen LogP contribution in [0.5, 0.6) is 0 Å². The van der Waals surface area contributed by atoms with Crippen molar-refractivity contribution >= 4 is 43.5 Å². The Balaban J connectivity index is 1.64. The van der Waals surface area contributed by atoms with E-state index >= 15 is 0 Å². The Bertz CT molecular complexity index is 3210. The Morgan fingerprint density at radius 3 is 1.67 bits per heavy atom. The average molecular weight is 587 g/mol. The maximum atomic E-state index is 9.62. The zero-order valence-electron chi connectivity index (χ0n) is 37.5. The number of rotatable bonds is 4. The van der Waals surface area contributed by atoms with Gasteiger partial charge in [0.1, 0.15) is 11.2 Å². The van der Waals surface area contributed by atoms with Crippen LogP contribution in [-0.4, -0.2) is 0 Å². The lowest BCUT2D eigenvalue weighted by atomic mass is 9.81. The summed E-state index contributed by atoms with van der Waals surface area (Å²) in [6.07, 6.45) is 0. The Labute approximate surface area is 281 Å². The van der Waals surface area contributed by atoms with E-state index in [9.17, 15) is 5.48 Å². The summed E-state index contributed by atoms with van der Waals surface area (Å²) in [5.74, 6) is 0. The molecule has 1 heteroatoms. The molecule has 0 bridgehead atoms. The normalized spacial score (nSPS) is 15.9. The highest BCUT2D eigenvalue weighted by molar-refractivity contribution is 6.28. The highest BCUT2D eigenvalue weighted by atomic mass is 16.3. The van der Waals surface area contributed by atoms with Gasteiger partial charge in [-0.1, -0.05) is 157 Å². The van der Waals surface area contributed by atoms with Gasteiger partial charge in [0, 0.05) is 16.3 Å². The molecular weight excluding hydrogens is 544 g/mol. The molecule has 0 amide bonds. The molecule has 1 nitrogen and oxygen atoms in total. The minimum atomic E-state index is -0.625. The van der Waals surface area contributed by atoms with Gasteiger partial charge in [0.2, 0.25) is 0 Å². The minimum Gasteiger partial charge on any atom is -0.456 e. The van der Waals surface area contributed by atoms with E-state index in [1.165, 1.54) is 6.07 Å². The van der Waals surface area contributed by atoms with Gasteiger partial charge in [-0.2, -0.15) is 0 Å². The Kier molecular flexibility index (Phi) is 3.50. The summed E-state index contributed by atoms with van der Waals surface area (Å²) in [4.78, 5) is 0. The summed E-state index contributed by atoms with van der Waals surface area (Å²) in [6, 6.07) is 16.5. The summed E-state index contributed by atoms with van der Waals surface area (Å²) >= 11 is 0. The van der Waals surface area contributed by atoms with E-state index in [-0.39, 0.29) is 61.0 Å². The quantitative estimate of drug-likeness (QED) is 0.187. The number of benzene rings is 8. The van der Waals surface area contributed by atoms with Gasteiger partial charge in [-0.25, -0.2) is 0 Å². The fourth-order valence-electron chi connectivity index (χ4n) is 6.33. The Morgan fingerprint density at radius 2 is 0.956 bits per heavy atom. The molecule has 0 unspecified atom stereocenters. The van der Waals surface area contributed by atoms with Gasteiger partial charge < -0.3 is 4.42 Å². The molecule has 45 heavy (non-hydrogen) atoms. The van der Waals surface area contributed by atoms with E-state index in [1.54, 1.807) is 78.9 Å². The van der Waals surface area contributed by atoms with Crippen LogP contribution in [0.1, 0.15) is 19.2 Å². The van der Waals surface area contributed by atoms with Crippen molar-refractivity contribution in [3.8, 4) is 44.5 Å². The fraction of sp³-hybridized carbons (Fsp3) is 0. The van der Waals surface area contributed by atoms with E-state index in [2.05, 4.69) is 0 Å². The summed E-state index contributed by atoms with van der Waals surface area (Å²) in [6.45, 7) is 0. The number of furan rings is 1.